The van der Waals surface area contributed by atoms with Gasteiger partial charge in [-0.05, 0) is 90.8 Å². The Morgan fingerprint density at radius 3 is 2.41 bits per heavy atom. The van der Waals surface area contributed by atoms with Crippen LogP contribution >= 0.6 is 12.2 Å². The van der Waals surface area contributed by atoms with Gasteiger partial charge >= 0.3 is 5.63 Å². The molecule has 2 heterocycles. The third-order valence-electron chi connectivity index (χ3n) is 6.94. The summed E-state index contributed by atoms with van der Waals surface area (Å²) in [4.78, 5) is 14.0. The zero-order valence-corrected chi connectivity index (χ0v) is 23.1. The molecule has 1 aliphatic rings. The summed E-state index contributed by atoms with van der Waals surface area (Å²) in [6, 6.07) is 18.4. The van der Waals surface area contributed by atoms with Crippen molar-refractivity contribution >= 4 is 34.0 Å². The molecule has 0 spiro atoms. The van der Waals surface area contributed by atoms with Crippen molar-refractivity contribution < 1.29 is 23.4 Å². The molecule has 0 radical (unpaired) electrons. The van der Waals surface area contributed by atoms with E-state index < -0.39 is 0 Å². The number of ether oxygens (including phenoxy) is 4. The fraction of sp³-hybridized carbons (Fsp3) is 0.267. The minimum atomic E-state index is -0.388. The van der Waals surface area contributed by atoms with E-state index in [0.29, 0.717) is 41.1 Å². The van der Waals surface area contributed by atoms with Gasteiger partial charge in [-0.2, -0.15) is 0 Å². The summed E-state index contributed by atoms with van der Waals surface area (Å²) >= 11 is 5.88. The van der Waals surface area contributed by atoms with Crippen molar-refractivity contribution in [3.8, 4) is 23.0 Å². The van der Waals surface area contributed by atoms with Crippen LogP contribution in [-0.4, -0.2) is 44.5 Å². The lowest BCUT2D eigenvalue weighted by atomic mass is 9.92. The number of rotatable bonds is 7. The van der Waals surface area contributed by atoms with Gasteiger partial charge in [0.1, 0.15) is 23.7 Å². The number of nitrogens with one attached hydrogen (secondary N) is 1. The molecule has 0 aliphatic carbocycles. The highest BCUT2D eigenvalue weighted by Gasteiger charge is 2.31. The zero-order chi connectivity index (χ0) is 27.5. The number of thiocarbonyl (C=S) groups is 1. The average Bonchev–Trinajstić information content (AvgIpc) is 2.95. The molecule has 1 aromatic heterocycles. The van der Waals surface area contributed by atoms with Gasteiger partial charge in [-0.1, -0.05) is 0 Å². The number of methoxy groups -OCH3 is 3. The second kappa shape index (κ2) is 11.2. The molecular formula is C30H30N2O6S. The summed E-state index contributed by atoms with van der Waals surface area (Å²) < 4.78 is 28.1. The van der Waals surface area contributed by atoms with Crippen LogP contribution in [-0.2, 0) is 6.42 Å². The van der Waals surface area contributed by atoms with Crippen molar-refractivity contribution in [1.82, 2.24) is 4.90 Å². The molecule has 9 heteroatoms. The summed E-state index contributed by atoms with van der Waals surface area (Å²) in [5.41, 5.74) is 4.00. The van der Waals surface area contributed by atoms with E-state index in [1.54, 1.807) is 27.4 Å². The maximum Gasteiger partial charge on any atom is 0.336 e. The SMILES string of the molecule is COc1ccc(NC(=S)N2CCc3cc(OC)c(OC)cc3[C@H]2COc2ccc3c(C)cc(=O)oc3c2)cc1. The first kappa shape index (κ1) is 26.4. The molecule has 4 aromatic rings. The van der Waals surface area contributed by atoms with Gasteiger partial charge in [-0.25, -0.2) is 4.79 Å². The minimum absolute atomic E-state index is 0.216. The molecule has 202 valence electrons. The van der Waals surface area contributed by atoms with E-state index in [1.807, 2.05) is 55.5 Å². The van der Waals surface area contributed by atoms with Gasteiger partial charge in [0.15, 0.2) is 16.6 Å². The number of nitrogens with zero attached hydrogens (tertiary/aromatic N) is 1. The standard InChI is InChI=1S/C30H30N2O6S/c1-18-13-29(33)38-26-15-22(9-10-23(18)26)37-17-25-24-16-28(36-4)27(35-3)14-19(24)11-12-32(25)30(39)31-20-5-7-21(34-2)8-6-20/h5-10,13-16,25H,11-12,17H2,1-4H3,(H,31,39)/t25-/m1/s1. The quantitative estimate of drug-likeness (QED) is 0.239. The van der Waals surface area contributed by atoms with Gasteiger partial charge in [0, 0.05) is 29.8 Å². The molecular weight excluding hydrogens is 516 g/mol. The molecule has 0 fully saturated rings. The first-order valence-electron chi connectivity index (χ1n) is 12.5. The molecule has 8 nitrogen and oxygen atoms in total. The fourth-order valence-electron chi connectivity index (χ4n) is 4.89. The second-order valence-corrected chi connectivity index (χ2v) is 9.63. The number of benzene rings is 3. The van der Waals surface area contributed by atoms with E-state index in [2.05, 4.69) is 10.2 Å². The lowest BCUT2D eigenvalue weighted by molar-refractivity contribution is 0.190. The van der Waals surface area contributed by atoms with Gasteiger partial charge in [-0.15, -0.1) is 0 Å². The van der Waals surface area contributed by atoms with E-state index >= 15 is 0 Å². The van der Waals surface area contributed by atoms with E-state index in [-0.39, 0.29) is 11.7 Å². The van der Waals surface area contributed by atoms with Crippen LogP contribution in [0.4, 0.5) is 5.69 Å². The lowest BCUT2D eigenvalue weighted by Gasteiger charge is -2.39. The van der Waals surface area contributed by atoms with Crippen LogP contribution in [0, 0.1) is 6.92 Å². The zero-order valence-electron chi connectivity index (χ0n) is 22.3. The van der Waals surface area contributed by atoms with Crippen molar-refractivity contribution in [3.63, 3.8) is 0 Å². The highest BCUT2D eigenvalue weighted by molar-refractivity contribution is 7.80. The van der Waals surface area contributed by atoms with Crippen molar-refractivity contribution in [2.45, 2.75) is 19.4 Å². The van der Waals surface area contributed by atoms with Crippen LogP contribution in [0.15, 0.2) is 69.9 Å². The Labute approximate surface area is 232 Å². The molecule has 5 rings (SSSR count). The summed E-state index contributed by atoms with van der Waals surface area (Å²) in [6.07, 6.45) is 0.775. The summed E-state index contributed by atoms with van der Waals surface area (Å²) in [5.74, 6) is 2.69. The molecule has 1 aliphatic heterocycles. The molecule has 3 aromatic carbocycles. The minimum Gasteiger partial charge on any atom is -0.497 e. The number of fused-ring (bicyclic) bond motifs is 2. The molecule has 0 saturated carbocycles. The van der Waals surface area contributed by atoms with Crippen LogP contribution in [0.1, 0.15) is 22.7 Å². The number of aryl methyl sites for hydroxylation is 1. The average molecular weight is 547 g/mol. The van der Waals surface area contributed by atoms with Gasteiger partial charge < -0.3 is 33.6 Å². The summed E-state index contributed by atoms with van der Waals surface area (Å²) in [6.45, 7) is 2.87. The van der Waals surface area contributed by atoms with E-state index in [9.17, 15) is 4.79 Å². The van der Waals surface area contributed by atoms with Crippen molar-refractivity contribution in [3.05, 3.63) is 87.8 Å². The van der Waals surface area contributed by atoms with Crippen LogP contribution in [0.2, 0.25) is 0 Å². The van der Waals surface area contributed by atoms with Crippen molar-refractivity contribution in [2.75, 3.05) is 39.8 Å². The predicted octanol–water partition coefficient (Wildman–Crippen LogP) is 5.50. The first-order valence-corrected chi connectivity index (χ1v) is 12.9. The lowest BCUT2D eigenvalue weighted by Crippen LogP contribution is -2.44. The van der Waals surface area contributed by atoms with Gasteiger partial charge in [-0.3, -0.25) is 0 Å². The molecule has 0 amide bonds. The third kappa shape index (κ3) is 5.49. The highest BCUT2D eigenvalue weighted by atomic mass is 32.1. The first-order chi connectivity index (χ1) is 18.9. The van der Waals surface area contributed by atoms with Gasteiger partial charge in [0.25, 0.3) is 0 Å². The third-order valence-corrected chi connectivity index (χ3v) is 7.27. The van der Waals surface area contributed by atoms with E-state index in [4.69, 9.17) is 35.6 Å². The Kier molecular flexibility index (Phi) is 7.60. The maximum atomic E-state index is 11.9. The van der Waals surface area contributed by atoms with Crippen molar-refractivity contribution in [2.24, 2.45) is 0 Å². The monoisotopic (exact) mass is 546 g/mol. The Morgan fingerprint density at radius 2 is 1.69 bits per heavy atom. The Hall–Kier alpha value is -4.24. The number of hydrogen-bond acceptors (Lipinski definition) is 7. The Bertz CT molecular complexity index is 1570. The normalized spacial score (nSPS) is 14.5. The van der Waals surface area contributed by atoms with Crippen molar-refractivity contribution in [1.29, 1.82) is 0 Å². The Morgan fingerprint density at radius 1 is 0.974 bits per heavy atom. The Balaban J connectivity index is 1.46. The molecule has 1 atom stereocenters. The fourth-order valence-corrected chi connectivity index (χ4v) is 5.23. The smallest absolute Gasteiger partial charge is 0.336 e. The highest BCUT2D eigenvalue weighted by Crippen LogP contribution is 2.39. The molecule has 39 heavy (non-hydrogen) atoms. The molecule has 0 bridgehead atoms. The van der Waals surface area contributed by atoms with Crippen LogP contribution in [0.5, 0.6) is 23.0 Å². The predicted molar refractivity (Wildman–Crippen MR) is 155 cm³/mol. The van der Waals surface area contributed by atoms with Crippen LogP contribution in [0.3, 0.4) is 0 Å². The summed E-state index contributed by atoms with van der Waals surface area (Å²) in [5, 5.41) is 4.80. The second-order valence-electron chi connectivity index (χ2n) is 9.24. The number of hydrogen-bond donors (Lipinski definition) is 1. The van der Waals surface area contributed by atoms with E-state index in [0.717, 1.165) is 39.9 Å². The topological polar surface area (TPSA) is 82.4 Å². The van der Waals surface area contributed by atoms with Crippen LogP contribution in [0.25, 0.3) is 11.0 Å². The largest absolute Gasteiger partial charge is 0.497 e. The van der Waals surface area contributed by atoms with Gasteiger partial charge in [0.05, 0.1) is 27.4 Å². The van der Waals surface area contributed by atoms with E-state index in [1.165, 1.54) is 6.07 Å². The molecule has 0 saturated heterocycles. The summed E-state index contributed by atoms with van der Waals surface area (Å²) in [7, 11) is 4.89. The maximum absolute atomic E-state index is 11.9. The molecule has 1 N–H and O–H groups in total. The molecule has 0 unspecified atom stereocenters. The van der Waals surface area contributed by atoms with Crippen LogP contribution < -0.4 is 29.9 Å². The number of anilines is 1. The van der Waals surface area contributed by atoms with Gasteiger partial charge in [0.2, 0.25) is 0 Å².